The zero-order valence-corrected chi connectivity index (χ0v) is 6.44. The molecule has 0 saturated heterocycles. The maximum absolute atomic E-state index is 3.03. The lowest BCUT2D eigenvalue weighted by Gasteiger charge is -1.93. The molecule has 0 aliphatic rings. The molecule has 0 aliphatic carbocycles. The summed E-state index contributed by atoms with van der Waals surface area (Å²) in [5.41, 5.74) is 1.19. The first-order chi connectivity index (χ1) is 4.31. The Bertz CT molecular complexity index is 112. The largest absolute Gasteiger partial charge is 0.392 e. The third-order valence-electron chi connectivity index (χ3n) is 1.11. The average Bonchev–Trinajstić information content (AvgIpc) is 1.89. The molecule has 52 valence electrons. The summed E-state index contributed by atoms with van der Waals surface area (Å²) in [7, 11) is 1.92. The normalized spacial score (nSPS) is 12.6. The maximum Gasteiger partial charge on any atom is 0.00723 e. The Balaban J connectivity index is 3.55. The fourth-order valence-electron chi connectivity index (χ4n) is 0.432. The molecule has 0 spiro atoms. The summed E-state index contributed by atoms with van der Waals surface area (Å²) < 4.78 is 0. The lowest BCUT2D eigenvalue weighted by Crippen LogP contribution is -2.00. The number of allylic oxidation sites excluding steroid dienone is 4. The first-order valence-electron chi connectivity index (χ1n) is 3.32. The van der Waals surface area contributed by atoms with Crippen LogP contribution in [-0.4, -0.2) is 7.05 Å². The molecule has 0 aromatic heterocycles. The van der Waals surface area contributed by atoms with E-state index in [1.807, 2.05) is 14.0 Å². The molecule has 1 nitrogen and oxygen atoms in total. The van der Waals surface area contributed by atoms with Gasteiger partial charge in [0.25, 0.3) is 0 Å². The highest BCUT2D eigenvalue weighted by Crippen LogP contribution is 1.86. The second-order valence-electron chi connectivity index (χ2n) is 1.94. The van der Waals surface area contributed by atoms with Gasteiger partial charge in [-0.05, 0) is 19.4 Å². The van der Waals surface area contributed by atoms with Crippen molar-refractivity contribution in [1.82, 2.24) is 5.32 Å². The molecule has 0 aromatic carbocycles. The van der Waals surface area contributed by atoms with E-state index in [9.17, 15) is 0 Å². The van der Waals surface area contributed by atoms with Gasteiger partial charge in [-0.2, -0.15) is 0 Å². The van der Waals surface area contributed by atoms with E-state index >= 15 is 0 Å². The van der Waals surface area contributed by atoms with Crippen LogP contribution in [0, 0.1) is 0 Å². The molecule has 0 rings (SSSR count). The van der Waals surface area contributed by atoms with E-state index < -0.39 is 0 Å². The van der Waals surface area contributed by atoms with E-state index in [0.717, 1.165) is 6.42 Å². The fraction of sp³-hybridized carbons (Fsp3) is 0.500. The van der Waals surface area contributed by atoms with Gasteiger partial charge in [0.2, 0.25) is 0 Å². The van der Waals surface area contributed by atoms with Crippen molar-refractivity contribution in [2.75, 3.05) is 7.05 Å². The van der Waals surface area contributed by atoms with Crippen LogP contribution in [0.15, 0.2) is 23.9 Å². The van der Waals surface area contributed by atoms with Gasteiger partial charge in [0.1, 0.15) is 0 Å². The Morgan fingerprint density at radius 2 is 2.22 bits per heavy atom. The van der Waals surface area contributed by atoms with E-state index in [-0.39, 0.29) is 0 Å². The average molecular weight is 125 g/mol. The minimum absolute atomic E-state index is 1.10. The predicted octanol–water partition coefficient (Wildman–Crippen LogP) is 2.08. The molecular formula is C8H15N. The molecule has 9 heavy (non-hydrogen) atoms. The Hall–Kier alpha value is -0.720. The monoisotopic (exact) mass is 125 g/mol. The van der Waals surface area contributed by atoms with E-state index in [1.54, 1.807) is 0 Å². The van der Waals surface area contributed by atoms with Gasteiger partial charge in [-0.1, -0.05) is 19.1 Å². The second-order valence-corrected chi connectivity index (χ2v) is 1.94. The molecule has 1 heteroatoms. The van der Waals surface area contributed by atoms with E-state index in [4.69, 9.17) is 0 Å². The highest BCUT2D eigenvalue weighted by molar-refractivity contribution is 5.08. The van der Waals surface area contributed by atoms with Gasteiger partial charge >= 0.3 is 0 Å². The summed E-state index contributed by atoms with van der Waals surface area (Å²) in [5, 5.41) is 3.03. The zero-order chi connectivity index (χ0) is 7.11. The SMILES string of the molecule is CC/C=C\C=C(\C)NC. The second kappa shape index (κ2) is 5.42. The van der Waals surface area contributed by atoms with Crippen molar-refractivity contribution in [2.45, 2.75) is 20.3 Å². The lowest BCUT2D eigenvalue weighted by atomic mass is 10.3. The highest BCUT2D eigenvalue weighted by atomic mass is 14.8. The van der Waals surface area contributed by atoms with Crippen molar-refractivity contribution in [3.05, 3.63) is 23.9 Å². The summed E-state index contributed by atoms with van der Waals surface area (Å²) >= 11 is 0. The summed E-state index contributed by atoms with van der Waals surface area (Å²) in [6.45, 7) is 4.17. The summed E-state index contributed by atoms with van der Waals surface area (Å²) in [4.78, 5) is 0. The smallest absolute Gasteiger partial charge is 0.00723 e. The molecule has 0 bridgehead atoms. The van der Waals surface area contributed by atoms with Crippen LogP contribution in [0.2, 0.25) is 0 Å². The van der Waals surface area contributed by atoms with Gasteiger partial charge in [0.15, 0.2) is 0 Å². The summed E-state index contributed by atoms with van der Waals surface area (Å²) in [6, 6.07) is 0. The third-order valence-corrected chi connectivity index (χ3v) is 1.11. The van der Waals surface area contributed by atoms with Crippen LogP contribution in [0.4, 0.5) is 0 Å². The van der Waals surface area contributed by atoms with Gasteiger partial charge in [0, 0.05) is 12.7 Å². The topological polar surface area (TPSA) is 12.0 Å². The Morgan fingerprint density at radius 1 is 1.56 bits per heavy atom. The van der Waals surface area contributed by atoms with Crippen LogP contribution in [0.5, 0.6) is 0 Å². The van der Waals surface area contributed by atoms with Crippen molar-refractivity contribution < 1.29 is 0 Å². The molecule has 0 unspecified atom stereocenters. The molecule has 0 radical (unpaired) electrons. The number of hydrogen-bond donors (Lipinski definition) is 1. The molecule has 0 aliphatic heterocycles. The quantitative estimate of drug-likeness (QED) is 0.569. The molecule has 0 heterocycles. The standard InChI is InChI=1S/C8H15N/c1-4-5-6-7-8(2)9-3/h5-7,9H,4H2,1-3H3/b6-5-,8-7-. The number of hydrogen-bond acceptors (Lipinski definition) is 1. The highest BCUT2D eigenvalue weighted by Gasteiger charge is 1.73. The van der Waals surface area contributed by atoms with Crippen molar-refractivity contribution in [2.24, 2.45) is 0 Å². The third kappa shape index (κ3) is 5.15. The summed E-state index contributed by atoms with van der Waals surface area (Å²) in [5.74, 6) is 0. The van der Waals surface area contributed by atoms with Gasteiger partial charge < -0.3 is 5.32 Å². The van der Waals surface area contributed by atoms with Gasteiger partial charge in [-0.15, -0.1) is 0 Å². The molecule has 1 N–H and O–H groups in total. The minimum atomic E-state index is 1.10. The lowest BCUT2D eigenvalue weighted by molar-refractivity contribution is 0.990. The summed E-state index contributed by atoms with van der Waals surface area (Å²) in [6.07, 6.45) is 7.35. The van der Waals surface area contributed by atoms with Crippen LogP contribution < -0.4 is 5.32 Å². The molecule has 0 saturated carbocycles. The molecular weight excluding hydrogens is 110 g/mol. The maximum atomic E-state index is 3.03. The number of rotatable bonds is 3. The van der Waals surface area contributed by atoms with E-state index in [1.165, 1.54) is 5.70 Å². The van der Waals surface area contributed by atoms with Crippen molar-refractivity contribution >= 4 is 0 Å². The fourth-order valence-corrected chi connectivity index (χ4v) is 0.432. The minimum Gasteiger partial charge on any atom is -0.392 e. The van der Waals surface area contributed by atoms with Gasteiger partial charge in [-0.25, -0.2) is 0 Å². The van der Waals surface area contributed by atoms with Crippen molar-refractivity contribution in [3.8, 4) is 0 Å². The van der Waals surface area contributed by atoms with Crippen molar-refractivity contribution in [1.29, 1.82) is 0 Å². The van der Waals surface area contributed by atoms with E-state index in [0.29, 0.717) is 0 Å². The Kier molecular flexibility index (Phi) is 4.98. The van der Waals surface area contributed by atoms with Crippen LogP contribution in [0.3, 0.4) is 0 Å². The van der Waals surface area contributed by atoms with Gasteiger partial charge in [0.05, 0.1) is 0 Å². The first-order valence-corrected chi connectivity index (χ1v) is 3.32. The number of nitrogens with one attached hydrogen (secondary N) is 1. The molecule has 0 atom stereocenters. The van der Waals surface area contributed by atoms with Crippen LogP contribution in [0.1, 0.15) is 20.3 Å². The predicted molar refractivity (Wildman–Crippen MR) is 42.2 cm³/mol. The van der Waals surface area contributed by atoms with Crippen LogP contribution in [0.25, 0.3) is 0 Å². The zero-order valence-electron chi connectivity index (χ0n) is 6.44. The molecule has 0 fully saturated rings. The molecule has 0 aromatic rings. The Morgan fingerprint density at radius 3 is 2.67 bits per heavy atom. The molecule has 0 amide bonds. The van der Waals surface area contributed by atoms with E-state index in [2.05, 4.69) is 30.5 Å². The van der Waals surface area contributed by atoms with Crippen LogP contribution in [-0.2, 0) is 0 Å². The van der Waals surface area contributed by atoms with Crippen molar-refractivity contribution in [3.63, 3.8) is 0 Å². The Labute approximate surface area is 57.5 Å². The van der Waals surface area contributed by atoms with Crippen LogP contribution >= 0.6 is 0 Å². The van der Waals surface area contributed by atoms with Gasteiger partial charge in [-0.3, -0.25) is 0 Å². The first kappa shape index (κ1) is 8.28.